The van der Waals surface area contributed by atoms with Gasteiger partial charge < -0.3 is 5.32 Å². The van der Waals surface area contributed by atoms with Gasteiger partial charge in [-0.05, 0) is 43.1 Å². The molecule has 0 aliphatic rings. The fourth-order valence-corrected chi connectivity index (χ4v) is 2.33. The number of nitrogens with one attached hydrogen (secondary N) is 1. The number of hydrogen-bond acceptors (Lipinski definition) is 2. The Balaban J connectivity index is 2.36. The third kappa shape index (κ3) is 3.17. The zero-order valence-corrected chi connectivity index (χ0v) is 12.5. The normalized spacial score (nSPS) is 10.9. The van der Waals surface area contributed by atoms with Crippen molar-refractivity contribution in [1.82, 2.24) is 15.1 Å². The molecule has 0 aliphatic heterocycles. The number of halogens is 1. The van der Waals surface area contributed by atoms with Gasteiger partial charge in [-0.25, -0.2) is 0 Å². The first-order valence-corrected chi connectivity index (χ1v) is 6.99. The molecule has 3 nitrogen and oxygen atoms in total. The maximum atomic E-state index is 6.11. The molecule has 0 unspecified atom stereocenters. The maximum absolute atomic E-state index is 6.11. The molecule has 4 heteroatoms. The summed E-state index contributed by atoms with van der Waals surface area (Å²) in [6.07, 6.45) is 3.05. The lowest BCUT2D eigenvalue weighted by molar-refractivity contribution is 0.676. The van der Waals surface area contributed by atoms with Crippen LogP contribution in [0.3, 0.4) is 0 Å². The third-order valence-electron chi connectivity index (χ3n) is 3.33. The Hall–Kier alpha value is -1.32. The van der Waals surface area contributed by atoms with E-state index < -0.39 is 0 Å². The molecule has 19 heavy (non-hydrogen) atoms. The van der Waals surface area contributed by atoms with Crippen molar-refractivity contribution in [2.45, 2.75) is 26.8 Å². The Morgan fingerprint density at radius 2 is 2.11 bits per heavy atom. The predicted octanol–water partition coefficient (Wildman–Crippen LogP) is 3.55. The summed E-state index contributed by atoms with van der Waals surface area (Å²) in [7, 11) is 1.96. The zero-order valence-electron chi connectivity index (χ0n) is 11.7. The minimum atomic E-state index is 0.776. The molecule has 1 aromatic heterocycles. The Bertz CT molecular complexity index is 561. The van der Waals surface area contributed by atoms with Crippen LogP contribution in [0.4, 0.5) is 0 Å². The van der Waals surface area contributed by atoms with Crippen molar-refractivity contribution in [3.63, 3.8) is 0 Å². The molecule has 0 fully saturated rings. The van der Waals surface area contributed by atoms with Gasteiger partial charge in [-0.1, -0.05) is 24.6 Å². The first-order chi connectivity index (χ1) is 9.13. The highest BCUT2D eigenvalue weighted by atomic mass is 35.5. The fraction of sp³-hybridized carbons (Fsp3) is 0.400. The zero-order chi connectivity index (χ0) is 13.8. The summed E-state index contributed by atoms with van der Waals surface area (Å²) >= 11 is 6.11. The lowest BCUT2D eigenvalue weighted by Gasteiger charge is -2.11. The average Bonchev–Trinajstić information content (AvgIpc) is 2.71. The van der Waals surface area contributed by atoms with Crippen LogP contribution in [0.5, 0.6) is 0 Å². The summed E-state index contributed by atoms with van der Waals surface area (Å²) in [5.74, 6) is 0. The van der Waals surface area contributed by atoms with Gasteiger partial charge in [0.15, 0.2) is 0 Å². The molecule has 0 radical (unpaired) electrons. The molecule has 1 aromatic carbocycles. The lowest BCUT2D eigenvalue weighted by atomic mass is 10.0. The van der Waals surface area contributed by atoms with Crippen LogP contribution in [0.2, 0.25) is 5.02 Å². The second kappa shape index (κ2) is 6.22. The van der Waals surface area contributed by atoms with Crippen LogP contribution < -0.4 is 5.32 Å². The number of aryl methyl sites for hydroxylation is 1. The van der Waals surface area contributed by atoms with E-state index in [9.17, 15) is 0 Å². The van der Waals surface area contributed by atoms with Crippen molar-refractivity contribution in [1.29, 1.82) is 0 Å². The summed E-state index contributed by atoms with van der Waals surface area (Å²) in [5.41, 5.74) is 4.77. The third-order valence-corrected chi connectivity index (χ3v) is 3.57. The van der Waals surface area contributed by atoms with E-state index in [1.165, 1.54) is 22.4 Å². The molecular formula is C15H20ClN3. The minimum Gasteiger partial charge on any atom is -0.313 e. The van der Waals surface area contributed by atoms with E-state index in [0.717, 1.165) is 24.5 Å². The Morgan fingerprint density at radius 1 is 1.32 bits per heavy atom. The van der Waals surface area contributed by atoms with Crippen LogP contribution >= 0.6 is 11.6 Å². The molecule has 0 bridgehead atoms. The molecule has 2 aromatic rings. The minimum absolute atomic E-state index is 0.776. The van der Waals surface area contributed by atoms with Crippen LogP contribution in [0.1, 0.15) is 24.6 Å². The summed E-state index contributed by atoms with van der Waals surface area (Å²) < 4.78 is 1.90. The fourth-order valence-electron chi connectivity index (χ4n) is 2.13. The summed E-state index contributed by atoms with van der Waals surface area (Å²) in [5, 5.41) is 8.52. The SMILES string of the molecule is CCCNCc1cc(Cl)ccc1-c1cnn(C)c1C. The van der Waals surface area contributed by atoms with Crippen molar-refractivity contribution < 1.29 is 0 Å². The number of rotatable bonds is 5. The molecule has 0 saturated carbocycles. The molecule has 0 atom stereocenters. The summed E-state index contributed by atoms with van der Waals surface area (Å²) in [6, 6.07) is 6.05. The summed E-state index contributed by atoms with van der Waals surface area (Å²) in [6.45, 7) is 6.09. The molecule has 2 rings (SSSR count). The highest BCUT2D eigenvalue weighted by Crippen LogP contribution is 2.28. The number of hydrogen-bond donors (Lipinski definition) is 1. The van der Waals surface area contributed by atoms with Crippen molar-refractivity contribution in [3.8, 4) is 11.1 Å². The summed E-state index contributed by atoms with van der Waals surface area (Å²) in [4.78, 5) is 0. The first kappa shape index (κ1) is 14.1. The van der Waals surface area contributed by atoms with Gasteiger partial charge in [0.05, 0.1) is 6.20 Å². The van der Waals surface area contributed by atoms with Crippen LogP contribution in [0.15, 0.2) is 24.4 Å². The Kier molecular flexibility index (Phi) is 4.61. The van der Waals surface area contributed by atoms with Crippen LogP contribution in [-0.2, 0) is 13.6 Å². The average molecular weight is 278 g/mol. The smallest absolute Gasteiger partial charge is 0.0571 e. The van der Waals surface area contributed by atoms with E-state index in [1.807, 2.05) is 30.1 Å². The monoisotopic (exact) mass is 277 g/mol. The number of nitrogens with zero attached hydrogens (tertiary/aromatic N) is 2. The van der Waals surface area contributed by atoms with Gasteiger partial charge in [0.1, 0.15) is 0 Å². The van der Waals surface area contributed by atoms with Gasteiger partial charge in [-0.2, -0.15) is 5.10 Å². The molecule has 0 aliphatic carbocycles. The quantitative estimate of drug-likeness (QED) is 0.847. The molecule has 0 saturated heterocycles. The van der Waals surface area contributed by atoms with Crippen molar-refractivity contribution in [2.75, 3.05) is 6.54 Å². The van der Waals surface area contributed by atoms with Gasteiger partial charge >= 0.3 is 0 Å². The molecule has 1 N–H and O–H groups in total. The van der Waals surface area contributed by atoms with Crippen molar-refractivity contribution >= 4 is 11.6 Å². The Morgan fingerprint density at radius 3 is 2.74 bits per heavy atom. The second-order valence-corrected chi connectivity index (χ2v) is 5.18. The molecule has 102 valence electrons. The Labute approximate surface area is 119 Å². The molecular weight excluding hydrogens is 258 g/mol. The van der Waals surface area contributed by atoms with Crippen LogP contribution in [0.25, 0.3) is 11.1 Å². The highest BCUT2D eigenvalue weighted by molar-refractivity contribution is 6.30. The predicted molar refractivity (Wildman–Crippen MR) is 80.4 cm³/mol. The van der Waals surface area contributed by atoms with Crippen molar-refractivity contribution in [3.05, 3.63) is 40.7 Å². The highest BCUT2D eigenvalue weighted by Gasteiger charge is 2.11. The molecule has 1 heterocycles. The van der Waals surface area contributed by atoms with E-state index >= 15 is 0 Å². The maximum Gasteiger partial charge on any atom is 0.0571 e. The second-order valence-electron chi connectivity index (χ2n) is 4.75. The number of aromatic nitrogens is 2. The van der Waals surface area contributed by atoms with Gasteiger partial charge in [0, 0.05) is 29.9 Å². The van der Waals surface area contributed by atoms with Gasteiger partial charge in [-0.3, -0.25) is 4.68 Å². The van der Waals surface area contributed by atoms with E-state index in [4.69, 9.17) is 11.6 Å². The van der Waals surface area contributed by atoms with E-state index in [-0.39, 0.29) is 0 Å². The lowest BCUT2D eigenvalue weighted by Crippen LogP contribution is -2.14. The van der Waals surface area contributed by atoms with Gasteiger partial charge in [0.2, 0.25) is 0 Å². The molecule has 0 amide bonds. The standard InChI is InChI=1S/C15H20ClN3/c1-4-7-17-9-12-8-13(16)5-6-14(12)15-10-18-19(3)11(15)2/h5-6,8,10,17H,4,7,9H2,1-3H3. The van der Waals surface area contributed by atoms with Crippen molar-refractivity contribution in [2.24, 2.45) is 7.05 Å². The van der Waals surface area contributed by atoms with Gasteiger partial charge in [0.25, 0.3) is 0 Å². The van der Waals surface area contributed by atoms with Crippen LogP contribution in [0, 0.1) is 6.92 Å². The largest absolute Gasteiger partial charge is 0.313 e. The molecule has 0 spiro atoms. The van der Waals surface area contributed by atoms with E-state index in [2.05, 4.69) is 30.3 Å². The topological polar surface area (TPSA) is 29.9 Å². The van der Waals surface area contributed by atoms with E-state index in [0.29, 0.717) is 0 Å². The van der Waals surface area contributed by atoms with E-state index in [1.54, 1.807) is 0 Å². The van der Waals surface area contributed by atoms with Gasteiger partial charge in [-0.15, -0.1) is 0 Å². The first-order valence-electron chi connectivity index (χ1n) is 6.61. The van der Waals surface area contributed by atoms with Crippen LogP contribution in [-0.4, -0.2) is 16.3 Å². The number of benzene rings is 1.